The highest BCUT2D eigenvalue weighted by molar-refractivity contribution is 8.77. The van der Waals surface area contributed by atoms with Crippen molar-refractivity contribution >= 4 is 43.1 Å². The van der Waals surface area contributed by atoms with Gasteiger partial charge in [-0.2, -0.15) is 0 Å². The summed E-state index contributed by atoms with van der Waals surface area (Å²) in [5.74, 6) is 2.07. The monoisotopic (exact) mass is 285 g/mol. The second kappa shape index (κ2) is 6.52. The molecule has 1 aromatic heterocycles. The van der Waals surface area contributed by atoms with Crippen LogP contribution in [0.4, 0.5) is 0 Å². The minimum absolute atomic E-state index is 0.873. The number of hydrogen-bond donors (Lipinski definition) is 0. The predicted molar refractivity (Wildman–Crippen MR) is 79.4 cm³/mol. The van der Waals surface area contributed by atoms with Crippen LogP contribution in [0.1, 0.15) is 19.8 Å². The highest BCUT2D eigenvalue weighted by Crippen LogP contribution is 2.37. The van der Waals surface area contributed by atoms with Gasteiger partial charge in [0.25, 0.3) is 0 Å². The van der Waals surface area contributed by atoms with Crippen molar-refractivity contribution in [1.29, 1.82) is 0 Å². The topological polar surface area (TPSA) is 22.1 Å². The van der Waals surface area contributed by atoms with E-state index in [0.29, 0.717) is 0 Å². The van der Waals surface area contributed by atoms with Crippen LogP contribution in [-0.4, -0.2) is 17.8 Å². The van der Waals surface area contributed by atoms with Crippen LogP contribution >= 0.6 is 32.9 Å². The molecule has 0 N–H and O–H groups in total. The summed E-state index contributed by atoms with van der Waals surface area (Å²) in [5, 5.41) is 0. The fraction of sp³-hybridized carbons (Fsp3) is 0.417. The summed E-state index contributed by atoms with van der Waals surface area (Å²) in [4.78, 5) is 4.60. The Morgan fingerprint density at radius 2 is 2.29 bits per heavy atom. The quantitative estimate of drug-likeness (QED) is 0.559. The Labute approximate surface area is 114 Å². The van der Waals surface area contributed by atoms with E-state index in [1.165, 1.54) is 23.3 Å². The van der Waals surface area contributed by atoms with E-state index in [9.17, 15) is 0 Å². The molecule has 92 valence electrons. The van der Waals surface area contributed by atoms with Crippen molar-refractivity contribution in [1.82, 2.24) is 4.98 Å². The molecular weight excluding hydrogens is 270 g/mol. The molecule has 0 unspecified atom stereocenters. The summed E-state index contributed by atoms with van der Waals surface area (Å²) in [6.45, 7) is 2.22. The Hall–Kier alpha value is -0.390. The van der Waals surface area contributed by atoms with Crippen LogP contribution in [0.25, 0.3) is 10.2 Å². The Balaban J connectivity index is 2.04. The first-order chi connectivity index (χ1) is 8.33. The molecule has 0 aliphatic heterocycles. The Bertz CT molecular complexity index is 484. The van der Waals surface area contributed by atoms with Gasteiger partial charge in [-0.05, 0) is 29.3 Å². The van der Waals surface area contributed by atoms with Gasteiger partial charge in [0, 0.05) is 11.8 Å². The molecule has 0 radical (unpaired) electrons. The fourth-order valence-electron chi connectivity index (χ4n) is 1.34. The zero-order valence-corrected chi connectivity index (χ0v) is 12.4. The number of methoxy groups -OCH3 is 1. The van der Waals surface area contributed by atoms with Gasteiger partial charge in [-0.1, -0.05) is 24.1 Å². The Morgan fingerprint density at radius 1 is 1.41 bits per heavy atom. The number of unbranched alkanes of at least 4 members (excludes halogenated alkanes) is 1. The highest BCUT2D eigenvalue weighted by Gasteiger charge is 2.05. The minimum atomic E-state index is 0.873. The molecule has 0 saturated heterocycles. The van der Waals surface area contributed by atoms with Crippen molar-refractivity contribution in [2.75, 3.05) is 12.9 Å². The van der Waals surface area contributed by atoms with Crippen LogP contribution in [0.3, 0.4) is 0 Å². The summed E-state index contributed by atoms with van der Waals surface area (Å²) >= 11 is 1.75. The van der Waals surface area contributed by atoms with Crippen molar-refractivity contribution in [2.24, 2.45) is 0 Å². The molecule has 0 spiro atoms. The van der Waals surface area contributed by atoms with E-state index in [4.69, 9.17) is 4.74 Å². The zero-order valence-electron chi connectivity index (χ0n) is 9.93. The third kappa shape index (κ3) is 3.53. The summed E-state index contributed by atoms with van der Waals surface area (Å²) in [7, 11) is 5.36. The third-order valence-corrected chi connectivity index (χ3v) is 6.07. The van der Waals surface area contributed by atoms with Crippen LogP contribution in [0.5, 0.6) is 5.75 Å². The lowest BCUT2D eigenvalue weighted by Gasteiger charge is -1.96. The number of fused-ring (bicyclic) bond motifs is 1. The van der Waals surface area contributed by atoms with E-state index < -0.39 is 0 Å². The lowest BCUT2D eigenvalue weighted by atomic mass is 10.3. The molecule has 5 heteroatoms. The number of hydrogen-bond acceptors (Lipinski definition) is 5. The van der Waals surface area contributed by atoms with E-state index in [1.807, 2.05) is 22.9 Å². The Morgan fingerprint density at radius 3 is 3.06 bits per heavy atom. The predicted octanol–water partition coefficient (Wildman–Crippen LogP) is 4.85. The van der Waals surface area contributed by atoms with Gasteiger partial charge in [-0.3, -0.25) is 0 Å². The van der Waals surface area contributed by atoms with Gasteiger partial charge >= 0.3 is 0 Å². The summed E-state index contributed by atoms with van der Waals surface area (Å²) in [5.41, 5.74) is 1.04. The number of rotatable bonds is 6. The Kier molecular flexibility index (Phi) is 5.00. The molecule has 0 bridgehead atoms. The maximum absolute atomic E-state index is 5.20. The summed E-state index contributed by atoms with van der Waals surface area (Å²) in [6, 6.07) is 6.05. The lowest BCUT2D eigenvalue weighted by Crippen LogP contribution is -1.80. The summed E-state index contributed by atoms with van der Waals surface area (Å²) < 4.78 is 7.56. The van der Waals surface area contributed by atoms with E-state index in [0.717, 1.165) is 15.6 Å². The first-order valence-electron chi connectivity index (χ1n) is 5.57. The smallest absolute Gasteiger partial charge is 0.161 e. The molecule has 0 aliphatic carbocycles. The molecule has 1 heterocycles. The van der Waals surface area contributed by atoms with Crippen LogP contribution in [0.2, 0.25) is 0 Å². The molecule has 2 nitrogen and oxygen atoms in total. The van der Waals surface area contributed by atoms with Gasteiger partial charge in [-0.25, -0.2) is 4.98 Å². The average molecular weight is 285 g/mol. The number of nitrogens with zero attached hydrogens (tertiary/aromatic N) is 1. The van der Waals surface area contributed by atoms with E-state index in [2.05, 4.69) is 18.0 Å². The van der Waals surface area contributed by atoms with Crippen LogP contribution < -0.4 is 4.74 Å². The number of aromatic nitrogens is 1. The van der Waals surface area contributed by atoms with Crippen LogP contribution in [0.15, 0.2) is 22.5 Å². The van der Waals surface area contributed by atoms with Crippen molar-refractivity contribution in [2.45, 2.75) is 24.1 Å². The van der Waals surface area contributed by atoms with E-state index >= 15 is 0 Å². The molecular formula is C12H15NOS3. The normalized spacial score (nSPS) is 10.9. The largest absolute Gasteiger partial charge is 0.497 e. The molecule has 0 saturated carbocycles. The molecule has 2 rings (SSSR count). The average Bonchev–Trinajstić information content (AvgIpc) is 2.76. The van der Waals surface area contributed by atoms with Crippen molar-refractivity contribution in [3.63, 3.8) is 0 Å². The van der Waals surface area contributed by atoms with Gasteiger partial charge in [0.2, 0.25) is 0 Å². The second-order valence-corrected chi connectivity index (χ2v) is 7.27. The van der Waals surface area contributed by atoms with Gasteiger partial charge in [0.15, 0.2) is 4.34 Å². The SMILES string of the molecule is CCCCSSc1nc2cc(OC)ccc2s1. The first-order valence-corrected chi connectivity index (χ1v) is 8.71. The standard InChI is InChI=1S/C12H15NOS3/c1-3-4-7-15-17-12-13-10-8-9(14-2)5-6-11(10)16-12/h5-6,8H,3-4,7H2,1-2H3. The minimum Gasteiger partial charge on any atom is -0.497 e. The molecule has 0 aliphatic rings. The molecule has 0 atom stereocenters. The molecule has 0 amide bonds. The lowest BCUT2D eigenvalue weighted by molar-refractivity contribution is 0.415. The first kappa shape index (κ1) is 13.1. The van der Waals surface area contributed by atoms with Crippen LogP contribution in [0, 0.1) is 0 Å². The van der Waals surface area contributed by atoms with Gasteiger partial charge in [0.05, 0.1) is 17.3 Å². The summed E-state index contributed by atoms with van der Waals surface area (Å²) in [6.07, 6.45) is 2.53. The van der Waals surface area contributed by atoms with E-state index in [1.54, 1.807) is 29.2 Å². The third-order valence-electron chi connectivity index (χ3n) is 2.29. The maximum atomic E-state index is 5.20. The molecule has 17 heavy (non-hydrogen) atoms. The van der Waals surface area contributed by atoms with Gasteiger partial charge in [-0.15, -0.1) is 11.3 Å². The number of benzene rings is 1. The van der Waals surface area contributed by atoms with Gasteiger partial charge < -0.3 is 4.74 Å². The zero-order chi connectivity index (χ0) is 12.1. The van der Waals surface area contributed by atoms with Crippen LogP contribution in [-0.2, 0) is 0 Å². The molecule has 2 aromatic rings. The highest BCUT2D eigenvalue weighted by atomic mass is 33.1. The van der Waals surface area contributed by atoms with E-state index in [-0.39, 0.29) is 0 Å². The second-order valence-electron chi connectivity index (χ2n) is 3.57. The van der Waals surface area contributed by atoms with Crippen molar-refractivity contribution < 1.29 is 4.74 Å². The van der Waals surface area contributed by atoms with Gasteiger partial charge in [0.1, 0.15) is 5.75 Å². The number of thiazole rings is 1. The number of ether oxygens (including phenoxy) is 1. The molecule has 1 aromatic carbocycles. The molecule has 0 fully saturated rings. The van der Waals surface area contributed by atoms with Crippen molar-refractivity contribution in [3.05, 3.63) is 18.2 Å². The fourth-order valence-corrected chi connectivity index (χ4v) is 4.91. The van der Waals surface area contributed by atoms with Crippen molar-refractivity contribution in [3.8, 4) is 5.75 Å². The maximum Gasteiger partial charge on any atom is 0.161 e.